The second-order valence-corrected chi connectivity index (χ2v) is 5.22. The fraction of sp³-hybridized carbons (Fsp3) is 0.533. The zero-order valence-electron chi connectivity index (χ0n) is 11.7. The van der Waals surface area contributed by atoms with Crippen molar-refractivity contribution in [1.29, 1.82) is 0 Å². The van der Waals surface area contributed by atoms with Gasteiger partial charge in [0.05, 0.1) is 24.1 Å². The van der Waals surface area contributed by atoms with Gasteiger partial charge in [-0.3, -0.25) is 4.79 Å². The van der Waals surface area contributed by atoms with Crippen LogP contribution in [0, 0.1) is 0 Å². The quantitative estimate of drug-likeness (QED) is 0.549. The van der Waals surface area contributed by atoms with Gasteiger partial charge < -0.3 is 21.5 Å². The van der Waals surface area contributed by atoms with Gasteiger partial charge in [0.2, 0.25) is 5.91 Å². The van der Waals surface area contributed by atoms with Crippen LogP contribution in [0.5, 0.6) is 0 Å². The fourth-order valence-corrected chi connectivity index (χ4v) is 2.52. The summed E-state index contributed by atoms with van der Waals surface area (Å²) < 4.78 is 5.83. The van der Waals surface area contributed by atoms with Crippen molar-refractivity contribution in [2.24, 2.45) is 5.73 Å². The summed E-state index contributed by atoms with van der Waals surface area (Å²) in [4.78, 5) is 11.0. The summed E-state index contributed by atoms with van der Waals surface area (Å²) in [6, 6.07) is 5.03. The summed E-state index contributed by atoms with van der Waals surface area (Å²) in [5.74, 6) is -0.469. The highest BCUT2D eigenvalue weighted by Gasteiger charge is 2.13. The molecule has 1 aromatic carbocycles. The van der Waals surface area contributed by atoms with Crippen LogP contribution in [0.15, 0.2) is 18.2 Å². The van der Waals surface area contributed by atoms with Gasteiger partial charge in [-0.25, -0.2) is 0 Å². The molecule has 5 nitrogen and oxygen atoms in total. The Bertz CT molecular complexity index is 456. The van der Waals surface area contributed by atoms with E-state index in [0.29, 0.717) is 30.5 Å². The van der Waals surface area contributed by atoms with Crippen LogP contribution in [-0.4, -0.2) is 25.2 Å². The normalized spacial score (nSPS) is 16.0. The molecule has 1 aliphatic rings. The van der Waals surface area contributed by atoms with Crippen LogP contribution in [0.25, 0.3) is 0 Å². The van der Waals surface area contributed by atoms with E-state index < -0.39 is 5.91 Å². The van der Waals surface area contributed by atoms with Crippen LogP contribution in [0.3, 0.4) is 0 Å². The second kappa shape index (κ2) is 7.14. The first-order valence-electron chi connectivity index (χ1n) is 7.21. The predicted molar refractivity (Wildman–Crippen MR) is 80.7 cm³/mol. The molecular weight excluding hydrogens is 254 g/mol. The minimum Gasteiger partial charge on any atom is -0.397 e. The number of nitrogens with two attached hydrogens (primary N) is 2. The van der Waals surface area contributed by atoms with Gasteiger partial charge in [0, 0.05) is 12.1 Å². The topological polar surface area (TPSA) is 90.4 Å². The van der Waals surface area contributed by atoms with Crippen LogP contribution < -0.4 is 16.8 Å². The fourth-order valence-electron chi connectivity index (χ4n) is 2.52. The van der Waals surface area contributed by atoms with Gasteiger partial charge in [-0.1, -0.05) is 19.3 Å². The molecule has 0 saturated heterocycles. The molecule has 0 aromatic heterocycles. The van der Waals surface area contributed by atoms with Crippen molar-refractivity contribution in [3.8, 4) is 0 Å². The van der Waals surface area contributed by atoms with Crippen LogP contribution in [0.4, 0.5) is 11.4 Å². The first kappa shape index (κ1) is 14.7. The van der Waals surface area contributed by atoms with Crippen molar-refractivity contribution in [1.82, 2.24) is 0 Å². The number of carbonyl (C=O) groups excluding carboxylic acids is 1. The molecule has 1 saturated carbocycles. The molecule has 20 heavy (non-hydrogen) atoms. The number of rotatable bonds is 6. The Kier molecular flexibility index (Phi) is 5.24. The lowest BCUT2D eigenvalue weighted by molar-refractivity contribution is 0.0347. The minimum absolute atomic E-state index is 0.417. The Morgan fingerprint density at radius 1 is 1.30 bits per heavy atom. The number of anilines is 2. The highest BCUT2D eigenvalue weighted by atomic mass is 16.5. The Hall–Kier alpha value is -1.75. The largest absolute Gasteiger partial charge is 0.397 e. The standard InChI is InChI=1S/C15H23N3O2/c16-13-10-11(15(17)19)6-7-14(13)18-8-9-20-12-4-2-1-3-5-12/h6-7,10,12,18H,1-5,8-9,16H2,(H2,17,19). The highest BCUT2D eigenvalue weighted by molar-refractivity contribution is 5.94. The van der Waals surface area contributed by atoms with E-state index >= 15 is 0 Å². The SMILES string of the molecule is NC(=O)c1ccc(NCCOC2CCCCC2)c(N)c1. The number of hydrogen-bond donors (Lipinski definition) is 3. The summed E-state index contributed by atoms with van der Waals surface area (Å²) in [6.07, 6.45) is 6.66. The lowest BCUT2D eigenvalue weighted by atomic mass is 9.98. The second-order valence-electron chi connectivity index (χ2n) is 5.22. The van der Waals surface area contributed by atoms with Crippen LogP contribution in [0.2, 0.25) is 0 Å². The Labute approximate surface area is 119 Å². The summed E-state index contributed by atoms with van der Waals surface area (Å²) in [7, 11) is 0. The van der Waals surface area contributed by atoms with Crippen LogP contribution in [0.1, 0.15) is 42.5 Å². The van der Waals surface area contributed by atoms with E-state index in [2.05, 4.69) is 5.32 Å². The molecule has 5 heteroatoms. The van der Waals surface area contributed by atoms with Crippen molar-refractivity contribution < 1.29 is 9.53 Å². The zero-order chi connectivity index (χ0) is 14.4. The molecule has 0 heterocycles. The lowest BCUT2D eigenvalue weighted by Gasteiger charge is -2.22. The van der Waals surface area contributed by atoms with Gasteiger partial charge in [0.15, 0.2) is 0 Å². The number of hydrogen-bond acceptors (Lipinski definition) is 4. The summed E-state index contributed by atoms with van der Waals surface area (Å²) >= 11 is 0. The molecule has 0 unspecified atom stereocenters. The summed E-state index contributed by atoms with van der Waals surface area (Å²) in [5, 5.41) is 3.22. The molecule has 2 rings (SSSR count). The Morgan fingerprint density at radius 3 is 2.70 bits per heavy atom. The molecule has 0 bridgehead atoms. The average molecular weight is 277 g/mol. The number of nitrogens with one attached hydrogen (secondary N) is 1. The first-order valence-corrected chi connectivity index (χ1v) is 7.21. The lowest BCUT2D eigenvalue weighted by Crippen LogP contribution is -2.20. The third-order valence-electron chi connectivity index (χ3n) is 3.66. The molecule has 0 aliphatic heterocycles. The molecule has 5 N–H and O–H groups in total. The van der Waals surface area contributed by atoms with E-state index in [-0.39, 0.29) is 0 Å². The van der Waals surface area contributed by atoms with Gasteiger partial charge >= 0.3 is 0 Å². The van der Waals surface area contributed by atoms with E-state index in [0.717, 1.165) is 5.69 Å². The van der Waals surface area contributed by atoms with E-state index in [1.807, 2.05) is 0 Å². The van der Waals surface area contributed by atoms with Gasteiger partial charge in [-0.15, -0.1) is 0 Å². The molecule has 0 radical (unpaired) electrons. The molecule has 0 spiro atoms. The van der Waals surface area contributed by atoms with Crippen molar-refractivity contribution in [2.75, 3.05) is 24.2 Å². The van der Waals surface area contributed by atoms with Gasteiger partial charge in [-0.05, 0) is 31.0 Å². The number of carbonyl (C=O) groups is 1. The molecular formula is C15H23N3O2. The van der Waals surface area contributed by atoms with Gasteiger partial charge in [0.25, 0.3) is 0 Å². The maximum Gasteiger partial charge on any atom is 0.248 e. The van der Waals surface area contributed by atoms with Gasteiger partial charge in [0.1, 0.15) is 0 Å². The number of primary amides is 1. The van der Waals surface area contributed by atoms with Gasteiger partial charge in [-0.2, -0.15) is 0 Å². The molecule has 1 amide bonds. The monoisotopic (exact) mass is 277 g/mol. The average Bonchev–Trinajstić information content (AvgIpc) is 2.46. The van der Waals surface area contributed by atoms with E-state index in [9.17, 15) is 4.79 Å². The number of nitrogen functional groups attached to an aromatic ring is 1. The maximum atomic E-state index is 11.0. The Balaban J connectivity index is 1.74. The van der Waals surface area contributed by atoms with E-state index in [4.69, 9.17) is 16.2 Å². The Morgan fingerprint density at radius 2 is 2.05 bits per heavy atom. The predicted octanol–water partition coefficient (Wildman–Crippen LogP) is 2.13. The number of amides is 1. The number of ether oxygens (including phenoxy) is 1. The van der Waals surface area contributed by atoms with E-state index in [1.165, 1.54) is 32.1 Å². The smallest absolute Gasteiger partial charge is 0.248 e. The highest BCUT2D eigenvalue weighted by Crippen LogP contribution is 2.21. The molecule has 110 valence electrons. The van der Waals surface area contributed by atoms with Crippen LogP contribution >= 0.6 is 0 Å². The zero-order valence-corrected chi connectivity index (χ0v) is 11.7. The molecule has 1 aliphatic carbocycles. The maximum absolute atomic E-state index is 11.0. The third-order valence-corrected chi connectivity index (χ3v) is 3.66. The number of benzene rings is 1. The van der Waals surface area contributed by atoms with Crippen molar-refractivity contribution in [3.05, 3.63) is 23.8 Å². The van der Waals surface area contributed by atoms with Crippen molar-refractivity contribution >= 4 is 17.3 Å². The minimum atomic E-state index is -0.469. The van der Waals surface area contributed by atoms with Crippen LogP contribution in [-0.2, 0) is 4.74 Å². The molecule has 1 fully saturated rings. The molecule has 1 aromatic rings. The summed E-state index contributed by atoms with van der Waals surface area (Å²) in [6.45, 7) is 1.37. The summed E-state index contributed by atoms with van der Waals surface area (Å²) in [5.41, 5.74) is 12.8. The third kappa shape index (κ3) is 4.13. The van der Waals surface area contributed by atoms with E-state index in [1.54, 1.807) is 18.2 Å². The van der Waals surface area contributed by atoms with Crippen molar-refractivity contribution in [2.45, 2.75) is 38.2 Å². The first-order chi connectivity index (χ1) is 9.66. The van der Waals surface area contributed by atoms with Crippen molar-refractivity contribution in [3.63, 3.8) is 0 Å². The molecule has 0 atom stereocenters.